The highest BCUT2D eigenvalue weighted by Gasteiger charge is 2.29. The predicted octanol–water partition coefficient (Wildman–Crippen LogP) is 8.05. The highest BCUT2D eigenvalue weighted by molar-refractivity contribution is 7.13. The van der Waals surface area contributed by atoms with Gasteiger partial charge in [0.05, 0.1) is 12.8 Å². The van der Waals surface area contributed by atoms with Gasteiger partial charge in [0.25, 0.3) is 0 Å². The van der Waals surface area contributed by atoms with Crippen LogP contribution in [-0.4, -0.2) is 23.5 Å². The molecule has 0 aliphatic carbocycles. The van der Waals surface area contributed by atoms with Crippen LogP contribution in [0.1, 0.15) is 27.3 Å². The molecule has 39 heavy (non-hydrogen) atoms. The fourth-order valence-electron chi connectivity index (χ4n) is 4.95. The number of ether oxygens (including phenoxy) is 1. The third kappa shape index (κ3) is 5.36. The minimum atomic E-state index is 0.559. The summed E-state index contributed by atoms with van der Waals surface area (Å²) in [7, 11) is 1.65. The Labute approximate surface area is 236 Å². The Morgan fingerprint density at radius 2 is 1.77 bits per heavy atom. The van der Waals surface area contributed by atoms with Gasteiger partial charge in [0, 0.05) is 46.2 Å². The molecule has 1 N–H and O–H groups in total. The molecule has 1 aliphatic heterocycles. The van der Waals surface area contributed by atoms with E-state index in [4.69, 9.17) is 9.72 Å². The SMILES string of the molecule is COc1ccc(Nc2nc3c(c(-c4cccs4)c2C#N)CN(Cc2ccccc2)C/C3=C\c2cccs2)cc1. The molecule has 0 radical (unpaired) electrons. The first kappa shape index (κ1) is 25.1. The molecule has 0 spiro atoms. The third-order valence-corrected chi connectivity index (χ3v) is 8.43. The van der Waals surface area contributed by atoms with Gasteiger partial charge in [0.2, 0.25) is 0 Å². The molecule has 7 heteroatoms. The summed E-state index contributed by atoms with van der Waals surface area (Å²) >= 11 is 3.37. The van der Waals surface area contributed by atoms with Crippen molar-refractivity contribution in [2.75, 3.05) is 19.0 Å². The lowest BCUT2D eigenvalue weighted by molar-refractivity contribution is 0.282. The Bertz CT molecular complexity index is 1640. The number of thiophene rings is 2. The number of rotatable bonds is 7. The van der Waals surface area contributed by atoms with Gasteiger partial charge in [-0.2, -0.15) is 5.26 Å². The van der Waals surface area contributed by atoms with E-state index in [1.54, 1.807) is 29.8 Å². The number of hydrogen-bond donors (Lipinski definition) is 1. The van der Waals surface area contributed by atoms with Crippen LogP contribution in [0.2, 0.25) is 0 Å². The fraction of sp³-hybridized carbons (Fsp3) is 0.125. The van der Waals surface area contributed by atoms with Crippen molar-refractivity contribution in [3.05, 3.63) is 117 Å². The second-order valence-electron chi connectivity index (χ2n) is 9.30. The van der Waals surface area contributed by atoms with E-state index in [2.05, 4.69) is 75.6 Å². The predicted molar refractivity (Wildman–Crippen MR) is 161 cm³/mol. The van der Waals surface area contributed by atoms with Crippen LogP contribution in [0.25, 0.3) is 22.1 Å². The van der Waals surface area contributed by atoms with E-state index < -0.39 is 0 Å². The Hall–Kier alpha value is -4.22. The summed E-state index contributed by atoms with van der Waals surface area (Å²) in [6.45, 7) is 2.30. The molecule has 0 amide bonds. The topological polar surface area (TPSA) is 61.2 Å². The molecule has 3 aromatic heterocycles. The molecule has 0 saturated carbocycles. The minimum Gasteiger partial charge on any atom is -0.497 e. The van der Waals surface area contributed by atoms with E-state index in [0.717, 1.165) is 51.8 Å². The molecule has 2 aromatic carbocycles. The van der Waals surface area contributed by atoms with E-state index in [9.17, 15) is 5.26 Å². The number of nitrogens with one attached hydrogen (secondary N) is 1. The van der Waals surface area contributed by atoms with Crippen LogP contribution in [0, 0.1) is 11.3 Å². The zero-order valence-electron chi connectivity index (χ0n) is 21.4. The van der Waals surface area contributed by atoms with Gasteiger partial charge < -0.3 is 10.1 Å². The maximum Gasteiger partial charge on any atom is 0.149 e. The maximum atomic E-state index is 10.5. The van der Waals surface area contributed by atoms with Crippen molar-refractivity contribution in [3.8, 4) is 22.3 Å². The standard InChI is InChI=1S/C32H26N4OS2/c1-37-25-13-11-24(12-14-25)34-32-27(18-33)30(29-10-6-16-39-29)28-21-36(19-22-7-3-2-4-8-22)20-23(31(28)35-32)17-26-9-5-15-38-26/h2-17H,19-21H2,1H3,(H,34,35)/b23-17+. The van der Waals surface area contributed by atoms with Crippen LogP contribution in [-0.2, 0) is 13.1 Å². The van der Waals surface area contributed by atoms with Crippen molar-refractivity contribution in [1.29, 1.82) is 5.26 Å². The molecule has 4 heterocycles. The van der Waals surface area contributed by atoms with Gasteiger partial charge in [-0.05, 0) is 64.4 Å². The molecular formula is C32H26N4OS2. The number of aromatic nitrogens is 1. The van der Waals surface area contributed by atoms with Gasteiger partial charge in [0.1, 0.15) is 23.2 Å². The zero-order valence-corrected chi connectivity index (χ0v) is 23.1. The number of pyridine rings is 1. The number of hydrogen-bond acceptors (Lipinski definition) is 7. The first-order valence-corrected chi connectivity index (χ1v) is 14.4. The molecule has 0 bridgehead atoms. The summed E-state index contributed by atoms with van der Waals surface area (Å²) in [5, 5.41) is 18.1. The molecule has 0 fully saturated rings. The van der Waals surface area contributed by atoms with E-state index in [-0.39, 0.29) is 0 Å². The van der Waals surface area contributed by atoms with Gasteiger partial charge in [-0.15, -0.1) is 22.7 Å². The number of anilines is 2. The normalized spacial score (nSPS) is 14.1. The number of benzene rings is 2. The number of fused-ring (bicyclic) bond motifs is 1. The van der Waals surface area contributed by atoms with E-state index in [1.165, 1.54) is 10.4 Å². The van der Waals surface area contributed by atoms with Crippen molar-refractivity contribution in [1.82, 2.24) is 9.88 Å². The van der Waals surface area contributed by atoms with Gasteiger partial charge in [-0.25, -0.2) is 4.98 Å². The number of methoxy groups -OCH3 is 1. The van der Waals surface area contributed by atoms with Gasteiger partial charge in [-0.3, -0.25) is 4.90 Å². The van der Waals surface area contributed by atoms with Gasteiger partial charge in [0.15, 0.2) is 0 Å². The van der Waals surface area contributed by atoms with Gasteiger partial charge >= 0.3 is 0 Å². The number of nitrogens with zero attached hydrogens (tertiary/aromatic N) is 3. The van der Waals surface area contributed by atoms with Crippen LogP contribution in [0.3, 0.4) is 0 Å². The molecule has 0 atom stereocenters. The first-order valence-electron chi connectivity index (χ1n) is 12.6. The molecule has 0 unspecified atom stereocenters. The highest BCUT2D eigenvalue weighted by Crippen LogP contribution is 2.42. The largest absolute Gasteiger partial charge is 0.497 e. The van der Waals surface area contributed by atoms with Crippen molar-refractivity contribution in [2.45, 2.75) is 13.1 Å². The average molecular weight is 547 g/mol. The molecule has 5 aromatic rings. The van der Waals surface area contributed by atoms with E-state index in [0.29, 0.717) is 17.9 Å². The Morgan fingerprint density at radius 1 is 0.974 bits per heavy atom. The number of nitriles is 1. The highest BCUT2D eigenvalue weighted by atomic mass is 32.1. The molecule has 192 valence electrons. The maximum absolute atomic E-state index is 10.5. The smallest absolute Gasteiger partial charge is 0.149 e. The summed E-state index contributed by atoms with van der Waals surface area (Å²) in [5.74, 6) is 1.34. The lowest BCUT2D eigenvalue weighted by Crippen LogP contribution is -2.31. The van der Waals surface area contributed by atoms with Crippen LogP contribution in [0.4, 0.5) is 11.5 Å². The van der Waals surface area contributed by atoms with Crippen LogP contribution in [0.5, 0.6) is 5.75 Å². The fourth-order valence-corrected chi connectivity index (χ4v) is 6.44. The molecule has 5 nitrogen and oxygen atoms in total. The van der Waals surface area contributed by atoms with Crippen molar-refractivity contribution in [3.63, 3.8) is 0 Å². The van der Waals surface area contributed by atoms with Crippen molar-refractivity contribution in [2.24, 2.45) is 0 Å². The monoisotopic (exact) mass is 546 g/mol. The van der Waals surface area contributed by atoms with Crippen LogP contribution in [0.15, 0.2) is 89.6 Å². The van der Waals surface area contributed by atoms with Crippen LogP contribution >= 0.6 is 22.7 Å². The van der Waals surface area contributed by atoms with E-state index in [1.807, 2.05) is 36.4 Å². The van der Waals surface area contributed by atoms with Gasteiger partial charge in [-0.1, -0.05) is 42.5 Å². The lowest BCUT2D eigenvalue weighted by atomic mass is 9.91. The van der Waals surface area contributed by atoms with Crippen LogP contribution < -0.4 is 10.1 Å². The van der Waals surface area contributed by atoms with Crippen molar-refractivity contribution < 1.29 is 4.74 Å². The summed E-state index contributed by atoms with van der Waals surface area (Å²) in [5.41, 5.74) is 6.83. The second-order valence-corrected chi connectivity index (χ2v) is 11.2. The summed E-state index contributed by atoms with van der Waals surface area (Å²) < 4.78 is 5.32. The first-order chi connectivity index (χ1) is 19.2. The Balaban J connectivity index is 1.52. The summed E-state index contributed by atoms with van der Waals surface area (Å²) in [6.07, 6.45) is 2.25. The Kier molecular flexibility index (Phi) is 7.24. The molecule has 0 saturated heterocycles. The van der Waals surface area contributed by atoms with Crippen molar-refractivity contribution >= 4 is 45.8 Å². The lowest BCUT2D eigenvalue weighted by Gasteiger charge is -2.32. The van der Waals surface area contributed by atoms with E-state index >= 15 is 0 Å². The summed E-state index contributed by atoms with van der Waals surface area (Å²) in [4.78, 5) is 9.84. The molecular weight excluding hydrogens is 521 g/mol. The third-order valence-electron chi connectivity index (χ3n) is 6.72. The Morgan fingerprint density at radius 3 is 2.46 bits per heavy atom. The molecule has 1 aliphatic rings. The molecule has 6 rings (SSSR count). The second kappa shape index (κ2) is 11.3. The zero-order chi connectivity index (χ0) is 26.6. The minimum absolute atomic E-state index is 0.559. The quantitative estimate of drug-likeness (QED) is 0.224. The summed E-state index contributed by atoms with van der Waals surface area (Å²) in [6, 6.07) is 29.1. The average Bonchev–Trinajstić information content (AvgIpc) is 3.69.